The molecule has 0 aromatic heterocycles. The van der Waals surface area contributed by atoms with Crippen LogP contribution in [0.15, 0.2) is 5.16 Å². The summed E-state index contributed by atoms with van der Waals surface area (Å²) >= 11 is 0. The number of amidine groups is 1. The van der Waals surface area contributed by atoms with Crippen LogP contribution in [0.3, 0.4) is 0 Å². The second kappa shape index (κ2) is 5.58. The summed E-state index contributed by atoms with van der Waals surface area (Å²) in [6.07, 6.45) is 1.98. The van der Waals surface area contributed by atoms with Gasteiger partial charge in [-0.2, -0.15) is 0 Å². The highest BCUT2D eigenvalue weighted by Gasteiger charge is 2.34. The Kier molecular flexibility index (Phi) is 5.11. The predicted molar refractivity (Wildman–Crippen MR) is 59.7 cm³/mol. The summed E-state index contributed by atoms with van der Waals surface area (Å²) in [4.78, 5) is 13.5. The van der Waals surface area contributed by atoms with Crippen molar-refractivity contribution in [2.45, 2.75) is 33.6 Å². The van der Waals surface area contributed by atoms with Crippen LogP contribution in [0.1, 0.15) is 33.6 Å². The van der Waals surface area contributed by atoms with Gasteiger partial charge in [-0.05, 0) is 20.3 Å². The molecule has 0 spiro atoms. The normalized spacial score (nSPS) is 12.7. The van der Waals surface area contributed by atoms with Crippen molar-refractivity contribution in [2.24, 2.45) is 16.3 Å². The fourth-order valence-corrected chi connectivity index (χ4v) is 1.21. The largest absolute Gasteiger partial charge is 0.409 e. The molecular formula is C10H21N3O2. The quantitative estimate of drug-likeness (QED) is 0.311. The van der Waals surface area contributed by atoms with Gasteiger partial charge in [0.1, 0.15) is 5.41 Å². The summed E-state index contributed by atoms with van der Waals surface area (Å²) < 4.78 is 0. The summed E-state index contributed by atoms with van der Waals surface area (Å²) in [5.41, 5.74) is 4.52. The number of hydrogen-bond donors (Lipinski definition) is 2. The summed E-state index contributed by atoms with van der Waals surface area (Å²) in [6.45, 7) is 6.05. The zero-order chi connectivity index (χ0) is 12.1. The average Bonchev–Trinajstić information content (AvgIpc) is 2.23. The van der Waals surface area contributed by atoms with E-state index in [1.165, 1.54) is 0 Å². The molecule has 0 fully saturated rings. The van der Waals surface area contributed by atoms with Gasteiger partial charge in [0.05, 0.1) is 0 Å². The number of amides is 1. The highest BCUT2D eigenvalue weighted by Crippen LogP contribution is 2.18. The first-order chi connectivity index (χ1) is 6.87. The molecule has 0 unspecified atom stereocenters. The number of unbranched alkanes of at least 4 members (excludes halogenated alkanes) is 1. The molecule has 0 radical (unpaired) electrons. The van der Waals surface area contributed by atoms with E-state index in [0.717, 1.165) is 12.8 Å². The Labute approximate surface area is 90.9 Å². The first kappa shape index (κ1) is 13.7. The van der Waals surface area contributed by atoms with Gasteiger partial charge < -0.3 is 15.8 Å². The molecule has 5 heteroatoms. The Morgan fingerprint density at radius 2 is 2.07 bits per heavy atom. The summed E-state index contributed by atoms with van der Waals surface area (Å²) in [6, 6.07) is 0. The Morgan fingerprint density at radius 1 is 1.53 bits per heavy atom. The van der Waals surface area contributed by atoms with Gasteiger partial charge in [-0.25, -0.2) is 0 Å². The molecule has 0 aliphatic rings. The zero-order valence-electron chi connectivity index (χ0n) is 9.95. The molecule has 0 rings (SSSR count). The van der Waals surface area contributed by atoms with Crippen LogP contribution < -0.4 is 5.73 Å². The highest BCUT2D eigenvalue weighted by atomic mass is 16.4. The molecule has 5 nitrogen and oxygen atoms in total. The summed E-state index contributed by atoms with van der Waals surface area (Å²) in [5.74, 6) is -0.193. The van der Waals surface area contributed by atoms with E-state index >= 15 is 0 Å². The highest BCUT2D eigenvalue weighted by molar-refractivity contribution is 6.05. The molecule has 0 aliphatic heterocycles. The van der Waals surface area contributed by atoms with Gasteiger partial charge in [0.15, 0.2) is 5.84 Å². The fourth-order valence-electron chi connectivity index (χ4n) is 1.21. The number of rotatable bonds is 5. The maximum Gasteiger partial charge on any atom is 0.235 e. The van der Waals surface area contributed by atoms with E-state index < -0.39 is 5.41 Å². The summed E-state index contributed by atoms with van der Waals surface area (Å²) in [7, 11) is 1.73. The minimum atomic E-state index is -0.947. The second-order valence-corrected chi connectivity index (χ2v) is 4.19. The van der Waals surface area contributed by atoms with Crippen LogP contribution in [-0.2, 0) is 4.79 Å². The van der Waals surface area contributed by atoms with Crippen molar-refractivity contribution >= 4 is 11.7 Å². The first-order valence-electron chi connectivity index (χ1n) is 5.11. The predicted octanol–water partition coefficient (Wildman–Crippen LogP) is 1.02. The topological polar surface area (TPSA) is 78.9 Å². The first-order valence-corrected chi connectivity index (χ1v) is 5.11. The van der Waals surface area contributed by atoms with Crippen molar-refractivity contribution in [3.05, 3.63) is 0 Å². The third-order valence-corrected chi connectivity index (χ3v) is 2.48. The van der Waals surface area contributed by atoms with Crippen molar-refractivity contribution in [1.29, 1.82) is 0 Å². The van der Waals surface area contributed by atoms with Gasteiger partial charge in [0.25, 0.3) is 0 Å². The van der Waals surface area contributed by atoms with E-state index in [-0.39, 0.29) is 11.7 Å². The SMILES string of the molecule is CCCCN(C)C(=O)C(C)(C)C(N)=NO. The van der Waals surface area contributed by atoms with Crippen molar-refractivity contribution < 1.29 is 10.0 Å². The second-order valence-electron chi connectivity index (χ2n) is 4.19. The monoisotopic (exact) mass is 215 g/mol. The van der Waals surface area contributed by atoms with Crippen molar-refractivity contribution in [3.8, 4) is 0 Å². The summed E-state index contributed by atoms with van der Waals surface area (Å²) in [5, 5.41) is 11.5. The lowest BCUT2D eigenvalue weighted by molar-refractivity contribution is -0.135. The van der Waals surface area contributed by atoms with Crippen molar-refractivity contribution in [2.75, 3.05) is 13.6 Å². The maximum absolute atomic E-state index is 11.9. The van der Waals surface area contributed by atoms with E-state index in [2.05, 4.69) is 12.1 Å². The Balaban J connectivity index is 4.55. The van der Waals surface area contributed by atoms with E-state index in [4.69, 9.17) is 10.9 Å². The molecule has 0 aromatic rings. The minimum absolute atomic E-state index is 0.0594. The average molecular weight is 215 g/mol. The molecule has 0 atom stereocenters. The third-order valence-electron chi connectivity index (χ3n) is 2.48. The number of nitrogens with zero attached hydrogens (tertiary/aromatic N) is 2. The molecule has 0 saturated carbocycles. The lowest BCUT2D eigenvalue weighted by Crippen LogP contribution is -2.46. The number of carbonyl (C=O) groups is 1. The molecule has 3 N–H and O–H groups in total. The Hall–Kier alpha value is -1.26. The van der Waals surface area contributed by atoms with Gasteiger partial charge in [-0.3, -0.25) is 4.79 Å². The molecule has 0 aliphatic carbocycles. The standard InChI is InChI=1S/C10H21N3O2/c1-5-6-7-13(4)9(14)10(2,3)8(11)12-15/h15H,5-7H2,1-4H3,(H2,11,12). The number of nitrogens with two attached hydrogens (primary N) is 1. The smallest absolute Gasteiger partial charge is 0.235 e. The van der Waals surface area contributed by atoms with Crippen LogP contribution in [0.5, 0.6) is 0 Å². The van der Waals surface area contributed by atoms with E-state index in [1.54, 1.807) is 25.8 Å². The van der Waals surface area contributed by atoms with Gasteiger partial charge in [-0.15, -0.1) is 0 Å². The molecule has 1 amide bonds. The molecule has 0 aromatic carbocycles. The van der Waals surface area contributed by atoms with Crippen LogP contribution in [-0.4, -0.2) is 35.4 Å². The lowest BCUT2D eigenvalue weighted by atomic mass is 9.90. The molecular weight excluding hydrogens is 194 g/mol. The molecule has 15 heavy (non-hydrogen) atoms. The van der Waals surface area contributed by atoms with Gasteiger partial charge in [0.2, 0.25) is 5.91 Å². The van der Waals surface area contributed by atoms with Crippen LogP contribution >= 0.6 is 0 Å². The van der Waals surface area contributed by atoms with Crippen molar-refractivity contribution in [1.82, 2.24) is 4.90 Å². The Bertz CT molecular complexity index is 249. The van der Waals surface area contributed by atoms with Gasteiger partial charge in [0, 0.05) is 13.6 Å². The van der Waals surface area contributed by atoms with Crippen LogP contribution in [0.4, 0.5) is 0 Å². The van der Waals surface area contributed by atoms with Crippen LogP contribution in [0.2, 0.25) is 0 Å². The number of oxime groups is 1. The third kappa shape index (κ3) is 3.42. The molecule has 88 valence electrons. The number of hydrogen-bond acceptors (Lipinski definition) is 3. The lowest BCUT2D eigenvalue weighted by Gasteiger charge is -2.28. The van der Waals surface area contributed by atoms with E-state index in [0.29, 0.717) is 6.54 Å². The van der Waals surface area contributed by atoms with Gasteiger partial charge in [-0.1, -0.05) is 18.5 Å². The van der Waals surface area contributed by atoms with E-state index in [9.17, 15) is 4.79 Å². The zero-order valence-corrected chi connectivity index (χ0v) is 9.95. The van der Waals surface area contributed by atoms with Gasteiger partial charge >= 0.3 is 0 Å². The van der Waals surface area contributed by atoms with Crippen LogP contribution in [0, 0.1) is 5.41 Å². The maximum atomic E-state index is 11.9. The fraction of sp³-hybridized carbons (Fsp3) is 0.800. The molecule has 0 saturated heterocycles. The number of carbonyl (C=O) groups excluding carboxylic acids is 1. The van der Waals surface area contributed by atoms with Crippen LogP contribution in [0.25, 0.3) is 0 Å². The molecule has 0 heterocycles. The molecule has 0 bridgehead atoms. The Morgan fingerprint density at radius 3 is 2.47 bits per heavy atom. The minimum Gasteiger partial charge on any atom is -0.409 e. The van der Waals surface area contributed by atoms with Crippen molar-refractivity contribution in [3.63, 3.8) is 0 Å². The van der Waals surface area contributed by atoms with E-state index in [1.807, 2.05) is 0 Å².